The van der Waals surface area contributed by atoms with Crippen LogP contribution in [0.15, 0.2) is 48.2 Å². The molecule has 0 bridgehead atoms. The van der Waals surface area contributed by atoms with Gasteiger partial charge in [-0.25, -0.2) is 4.68 Å². The lowest BCUT2D eigenvalue weighted by molar-refractivity contribution is -0.255. The zero-order chi connectivity index (χ0) is 46.5. The van der Waals surface area contributed by atoms with Crippen molar-refractivity contribution in [3.05, 3.63) is 53.2 Å². The molecule has 14 nitrogen and oxygen atoms in total. The lowest BCUT2D eigenvalue weighted by Crippen LogP contribution is -2.47. The molecule has 0 radical (unpaired) electrons. The van der Waals surface area contributed by atoms with E-state index < -0.39 is 30.5 Å². The first-order valence-corrected chi connectivity index (χ1v) is 24.3. The Kier molecular flexibility index (Phi) is 17.2. The molecule has 0 spiro atoms. The number of hydrogen-bond donors (Lipinski definition) is 0. The number of allylic oxidation sites excluding steroid dienone is 4. The van der Waals surface area contributed by atoms with Gasteiger partial charge in [-0.2, -0.15) is 0 Å². The summed E-state index contributed by atoms with van der Waals surface area (Å²) < 4.78 is 51.9. The number of hydrogen-bond acceptors (Lipinski definition) is 13. The highest BCUT2D eigenvalue weighted by Crippen LogP contribution is 2.57. The Bertz CT molecular complexity index is 1980. The van der Waals surface area contributed by atoms with Gasteiger partial charge in [0.25, 0.3) is 0 Å². The highest BCUT2D eigenvalue weighted by atomic mass is 35.5. The third kappa shape index (κ3) is 11.5. The second kappa shape index (κ2) is 22.4. The minimum atomic E-state index is -0.746. The Labute approximate surface area is 390 Å². The van der Waals surface area contributed by atoms with Crippen LogP contribution in [0.1, 0.15) is 92.4 Å². The molecular formula is C50H73ClN4O10. The zero-order valence-electron chi connectivity index (χ0n) is 40.1. The number of nitrogens with zero attached hydrogens (tertiary/aromatic N) is 4. The Balaban J connectivity index is 1.24. The summed E-state index contributed by atoms with van der Waals surface area (Å²) in [6, 6.07) is 7.87. The van der Waals surface area contributed by atoms with Crippen LogP contribution in [0.2, 0.25) is 5.02 Å². The first-order valence-electron chi connectivity index (χ1n) is 23.9. The number of cyclic esters (lactones) is 1. The Morgan fingerprint density at radius 2 is 1.77 bits per heavy atom. The maximum absolute atomic E-state index is 15.2. The summed E-state index contributed by atoms with van der Waals surface area (Å²) in [5.74, 6) is -1.36. The summed E-state index contributed by atoms with van der Waals surface area (Å²) in [6.45, 7) is 10.3. The van der Waals surface area contributed by atoms with Crippen molar-refractivity contribution >= 4 is 29.1 Å². The maximum Gasteiger partial charge on any atom is 0.306 e. The molecule has 0 N–H and O–H groups in total. The predicted octanol–water partition coefficient (Wildman–Crippen LogP) is 8.02. The lowest BCUT2D eigenvalue weighted by atomic mass is 9.69. The van der Waals surface area contributed by atoms with Crippen LogP contribution in [0.3, 0.4) is 0 Å². The molecule has 2 saturated heterocycles. The van der Waals surface area contributed by atoms with E-state index in [1.807, 2.05) is 55.9 Å². The molecule has 360 valence electrons. The van der Waals surface area contributed by atoms with Crippen molar-refractivity contribution in [3.8, 4) is 11.3 Å². The van der Waals surface area contributed by atoms with Crippen LogP contribution in [0.5, 0.6) is 0 Å². The van der Waals surface area contributed by atoms with Crippen molar-refractivity contribution in [2.75, 3.05) is 42.0 Å². The van der Waals surface area contributed by atoms with E-state index in [-0.39, 0.29) is 85.1 Å². The van der Waals surface area contributed by atoms with Gasteiger partial charge in [0.2, 0.25) is 0 Å². The fourth-order valence-electron chi connectivity index (χ4n) is 11.1. The van der Waals surface area contributed by atoms with Crippen LogP contribution >= 0.6 is 11.6 Å². The number of ether oxygens (including phenoxy) is 8. The number of fused-ring (bicyclic) bond motifs is 5. The lowest BCUT2D eigenvalue weighted by Gasteiger charge is -2.40. The number of rotatable bonds is 16. The van der Waals surface area contributed by atoms with E-state index >= 15 is 4.79 Å². The van der Waals surface area contributed by atoms with Crippen LogP contribution in [-0.4, -0.2) is 135 Å². The Hall–Kier alpha value is -3.05. The third-order valence-electron chi connectivity index (χ3n) is 15.0. The molecule has 0 amide bonds. The van der Waals surface area contributed by atoms with Gasteiger partial charge in [0.1, 0.15) is 17.9 Å². The third-order valence-corrected chi connectivity index (χ3v) is 15.3. The summed E-state index contributed by atoms with van der Waals surface area (Å²) in [5.41, 5.74) is 3.18. The minimum absolute atomic E-state index is 0.00541. The average Bonchev–Trinajstić information content (AvgIpc) is 4.03. The summed E-state index contributed by atoms with van der Waals surface area (Å²) >= 11 is 6.41. The highest BCUT2D eigenvalue weighted by Gasteiger charge is 2.54. The van der Waals surface area contributed by atoms with Gasteiger partial charge in [-0.05, 0) is 122 Å². The molecule has 3 unspecified atom stereocenters. The van der Waals surface area contributed by atoms with Crippen molar-refractivity contribution in [2.45, 2.75) is 154 Å². The predicted molar refractivity (Wildman–Crippen MR) is 247 cm³/mol. The van der Waals surface area contributed by atoms with Crippen LogP contribution in [0, 0.1) is 35.5 Å². The van der Waals surface area contributed by atoms with Crippen molar-refractivity contribution < 1.29 is 47.5 Å². The van der Waals surface area contributed by atoms with Gasteiger partial charge in [0, 0.05) is 61.4 Å². The SMILES string of the molecule is CC[C@H]1CCC[C@H](O[C@H]2CC[C@H](N(C)C)C(C)O2)[C@@H](C)C(=O)C2=C[C@@H]3[C@@H](C=C(n4cc(-c5cccc(Cl)c5)nn4)[C@@H]4C[C@@H](OC(OC(C)[C@@H](C)OC)[C@H](COC)OC)C[C@@H]34)[C@@H]2CC(=O)O1. The number of likely N-dealkylation sites (N-methyl/N-ethyl adjacent to an activating group) is 1. The van der Waals surface area contributed by atoms with Crippen molar-refractivity contribution in [2.24, 2.45) is 35.5 Å². The van der Waals surface area contributed by atoms with Crippen molar-refractivity contribution in [1.29, 1.82) is 0 Å². The molecule has 15 heteroatoms. The molecule has 65 heavy (non-hydrogen) atoms. The number of aromatic nitrogens is 3. The molecule has 5 aliphatic rings. The van der Waals surface area contributed by atoms with Gasteiger partial charge < -0.3 is 42.8 Å². The standard InChI is InChI=1S/C50H73ClN4O10/c1-11-34-16-13-17-45(65-48-19-18-43(54(6)7)31(5)61-48)28(2)49(57)41-23-37-36-21-35(64-50(46(60-10)27-58-8)62-30(4)29(3)59-9)22-40(36)44(24-38(37)39(41)25-47(56)63-34)55-26-42(52-53-55)32-14-12-15-33(51)20-32/h12,14-15,20,23-24,26,28-31,34-40,43,45-46,48,50H,11,13,16-19,21-22,25,27H2,1-10H3/t28-,29-,30?,31?,34+,35+,36+,37+,38-,39+,40-,43+,45+,46+,48+,50?/m1/s1. The first-order chi connectivity index (χ1) is 31.2. The number of ketones is 1. The summed E-state index contributed by atoms with van der Waals surface area (Å²) in [5, 5.41) is 9.93. The van der Waals surface area contributed by atoms with Crippen molar-refractivity contribution in [3.63, 3.8) is 0 Å². The Morgan fingerprint density at radius 1 is 0.969 bits per heavy atom. The molecule has 7 rings (SSSR count). The van der Waals surface area contributed by atoms with Crippen LogP contribution in [0.25, 0.3) is 17.0 Å². The van der Waals surface area contributed by atoms with Gasteiger partial charge >= 0.3 is 5.97 Å². The molecular weight excluding hydrogens is 852 g/mol. The van der Waals surface area contributed by atoms with Gasteiger partial charge in [-0.3, -0.25) is 9.59 Å². The monoisotopic (exact) mass is 925 g/mol. The van der Waals surface area contributed by atoms with Crippen LogP contribution < -0.4 is 0 Å². The van der Waals surface area contributed by atoms with E-state index in [2.05, 4.69) is 50.1 Å². The van der Waals surface area contributed by atoms with Gasteiger partial charge in [0.15, 0.2) is 18.4 Å². The smallest absolute Gasteiger partial charge is 0.306 e. The van der Waals surface area contributed by atoms with Crippen LogP contribution in [-0.2, 0) is 47.5 Å². The highest BCUT2D eigenvalue weighted by molar-refractivity contribution is 6.30. The van der Waals surface area contributed by atoms with E-state index in [0.717, 1.165) is 30.5 Å². The molecule has 2 aliphatic heterocycles. The van der Waals surface area contributed by atoms with Crippen molar-refractivity contribution in [1.82, 2.24) is 19.9 Å². The number of Topliss-reactive ketones (excluding diaryl/α,β-unsaturated/α-hetero) is 1. The minimum Gasteiger partial charge on any atom is -0.462 e. The second-order valence-electron chi connectivity index (χ2n) is 19.3. The Morgan fingerprint density at radius 3 is 2.46 bits per heavy atom. The number of halogens is 1. The number of benzene rings is 1. The van der Waals surface area contributed by atoms with Gasteiger partial charge in [-0.15, -0.1) is 5.10 Å². The number of carbonyl (C=O) groups is 2. The summed E-state index contributed by atoms with van der Waals surface area (Å²) in [4.78, 5) is 31.4. The molecule has 1 saturated carbocycles. The topological polar surface area (TPSA) is 142 Å². The molecule has 3 aliphatic carbocycles. The van der Waals surface area contributed by atoms with Gasteiger partial charge in [0.05, 0.1) is 49.7 Å². The number of carbonyl (C=O) groups excluding carboxylic acids is 2. The molecule has 3 heterocycles. The zero-order valence-corrected chi connectivity index (χ0v) is 40.9. The van der Waals surface area contributed by atoms with E-state index in [0.29, 0.717) is 54.4 Å². The van der Waals surface area contributed by atoms with E-state index in [1.54, 1.807) is 21.3 Å². The molecule has 2 aromatic rings. The molecule has 1 aromatic heterocycles. The van der Waals surface area contributed by atoms with E-state index in [4.69, 9.17) is 54.7 Å². The first kappa shape index (κ1) is 49.8. The molecule has 16 atom stereocenters. The van der Waals surface area contributed by atoms with E-state index in [9.17, 15) is 4.79 Å². The average molecular weight is 926 g/mol. The summed E-state index contributed by atoms with van der Waals surface area (Å²) in [6.07, 6.45) is 9.36. The number of esters is 1. The second-order valence-corrected chi connectivity index (χ2v) is 19.7. The quantitative estimate of drug-likeness (QED) is 0.119. The fourth-order valence-corrected chi connectivity index (χ4v) is 11.3. The maximum atomic E-state index is 15.2. The van der Waals surface area contributed by atoms with Crippen LogP contribution in [0.4, 0.5) is 0 Å². The largest absolute Gasteiger partial charge is 0.462 e. The summed E-state index contributed by atoms with van der Waals surface area (Å²) in [7, 11) is 9.09. The normalized spacial score (nSPS) is 34.0. The fraction of sp³-hybridized carbons (Fsp3) is 0.720. The molecule has 3 fully saturated rings. The van der Waals surface area contributed by atoms with E-state index in [1.165, 1.54) is 0 Å². The molecule has 1 aromatic carbocycles. The number of methoxy groups -OCH3 is 3. The van der Waals surface area contributed by atoms with Gasteiger partial charge in [-0.1, -0.05) is 54.9 Å².